The third-order valence-corrected chi connectivity index (χ3v) is 5.85. The third-order valence-electron chi connectivity index (χ3n) is 4.83. The summed E-state index contributed by atoms with van der Waals surface area (Å²) in [5, 5.41) is 11.4. The van der Waals surface area contributed by atoms with Gasteiger partial charge >= 0.3 is 11.9 Å². The first-order valence-electron chi connectivity index (χ1n) is 10.1. The Hall–Kier alpha value is -3.86. The molecule has 1 amide bonds. The van der Waals surface area contributed by atoms with E-state index in [4.69, 9.17) is 14.2 Å². The van der Waals surface area contributed by atoms with Gasteiger partial charge in [-0.25, -0.2) is 9.59 Å². The van der Waals surface area contributed by atoms with Crippen molar-refractivity contribution in [1.82, 2.24) is 14.8 Å². The molecule has 0 aliphatic carbocycles. The van der Waals surface area contributed by atoms with Crippen molar-refractivity contribution in [3.8, 4) is 5.75 Å². The lowest BCUT2D eigenvalue weighted by Crippen LogP contribution is -2.18. The fraction of sp³-hybridized carbons (Fsp3) is 0.261. The second-order valence-electron chi connectivity index (χ2n) is 7.09. The average Bonchev–Trinajstić information content (AvgIpc) is 3.20. The molecule has 0 aliphatic heterocycles. The summed E-state index contributed by atoms with van der Waals surface area (Å²) in [4.78, 5) is 36.5. The molecule has 34 heavy (non-hydrogen) atoms. The second kappa shape index (κ2) is 11.3. The summed E-state index contributed by atoms with van der Waals surface area (Å²) in [6, 6.07) is 11.8. The van der Waals surface area contributed by atoms with E-state index >= 15 is 0 Å². The number of ether oxygens (including phenoxy) is 3. The lowest BCUT2D eigenvalue weighted by Gasteiger charge is -2.11. The fourth-order valence-corrected chi connectivity index (χ4v) is 3.68. The van der Waals surface area contributed by atoms with Gasteiger partial charge in [-0.05, 0) is 36.8 Å². The molecule has 0 fully saturated rings. The van der Waals surface area contributed by atoms with Gasteiger partial charge < -0.3 is 24.1 Å². The Morgan fingerprint density at radius 1 is 1.03 bits per heavy atom. The predicted molar refractivity (Wildman–Crippen MR) is 125 cm³/mol. The molecule has 3 rings (SSSR count). The number of carbonyl (C=O) groups excluding carboxylic acids is 3. The smallest absolute Gasteiger partial charge is 0.339 e. The minimum absolute atomic E-state index is 0.00626. The number of rotatable bonds is 9. The van der Waals surface area contributed by atoms with E-state index in [1.54, 1.807) is 11.6 Å². The molecule has 0 radical (unpaired) electrons. The van der Waals surface area contributed by atoms with Crippen LogP contribution < -0.4 is 10.1 Å². The van der Waals surface area contributed by atoms with Crippen LogP contribution in [-0.4, -0.2) is 52.6 Å². The van der Waals surface area contributed by atoms with Gasteiger partial charge in [0.25, 0.3) is 0 Å². The van der Waals surface area contributed by atoms with Gasteiger partial charge in [0.15, 0.2) is 11.0 Å². The zero-order chi connectivity index (χ0) is 24.7. The van der Waals surface area contributed by atoms with E-state index < -0.39 is 17.8 Å². The van der Waals surface area contributed by atoms with Crippen molar-refractivity contribution in [2.45, 2.75) is 18.7 Å². The molecule has 0 saturated heterocycles. The number of benzene rings is 2. The Kier molecular flexibility index (Phi) is 8.25. The van der Waals surface area contributed by atoms with Crippen molar-refractivity contribution < 1.29 is 28.6 Å². The maximum absolute atomic E-state index is 12.6. The van der Waals surface area contributed by atoms with Crippen LogP contribution >= 0.6 is 11.8 Å². The van der Waals surface area contributed by atoms with E-state index in [-0.39, 0.29) is 29.2 Å². The quantitative estimate of drug-likeness (QED) is 0.361. The van der Waals surface area contributed by atoms with Gasteiger partial charge in [0, 0.05) is 7.05 Å². The monoisotopic (exact) mass is 484 g/mol. The van der Waals surface area contributed by atoms with Gasteiger partial charge in [0.1, 0.15) is 12.4 Å². The number of methoxy groups -OCH3 is 2. The lowest BCUT2D eigenvalue weighted by molar-refractivity contribution is -0.113. The highest BCUT2D eigenvalue weighted by molar-refractivity contribution is 7.99. The number of hydrogen-bond donors (Lipinski definition) is 1. The molecule has 0 spiro atoms. The van der Waals surface area contributed by atoms with Crippen molar-refractivity contribution in [2.75, 3.05) is 25.3 Å². The van der Waals surface area contributed by atoms with Crippen molar-refractivity contribution in [2.24, 2.45) is 7.05 Å². The minimum Gasteiger partial charge on any atom is -0.485 e. The third kappa shape index (κ3) is 5.93. The molecule has 1 N–H and O–H groups in total. The number of nitrogens with one attached hydrogen (secondary N) is 1. The number of esters is 2. The number of carbonyl (C=O) groups is 3. The van der Waals surface area contributed by atoms with Crippen LogP contribution in [-0.2, 0) is 27.9 Å². The van der Waals surface area contributed by atoms with Crippen molar-refractivity contribution >= 4 is 35.3 Å². The Balaban J connectivity index is 1.64. The van der Waals surface area contributed by atoms with Crippen LogP contribution in [0.25, 0.3) is 0 Å². The van der Waals surface area contributed by atoms with E-state index in [9.17, 15) is 14.4 Å². The molecule has 1 heterocycles. The number of para-hydroxylation sites is 1. The highest BCUT2D eigenvalue weighted by Crippen LogP contribution is 2.22. The van der Waals surface area contributed by atoms with Crippen LogP contribution in [0.4, 0.5) is 5.69 Å². The first-order chi connectivity index (χ1) is 16.3. The average molecular weight is 485 g/mol. The molecule has 0 unspecified atom stereocenters. The van der Waals surface area contributed by atoms with Crippen LogP contribution in [0, 0.1) is 6.92 Å². The normalized spacial score (nSPS) is 10.5. The largest absolute Gasteiger partial charge is 0.485 e. The summed E-state index contributed by atoms with van der Waals surface area (Å²) in [5.74, 6) is -0.294. The maximum Gasteiger partial charge on any atom is 0.339 e. The molecule has 0 bridgehead atoms. The highest BCUT2D eigenvalue weighted by Gasteiger charge is 2.18. The predicted octanol–water partition coefficient (Wildman–Crippen LogP) is 3.01. The van der Waals surface area contributed by atoms with Gasteiger partial charge in [-0.15, -0.1) is 10.2 Å². The molecule has 2 aromatic carbocycles. The second-order valence-corrected chi connectivity index (χ2v) is 8.03. The summed E-state index contributed by atoms with van der Waals surface area (Å²) in [6.45, 7) is 2.18. The molecule has 0 atom stereocenters. The molecule has 1 aromatic heterocycles. The van der Waals surface area contributed by atoms with Gasteiger partial charge in [0.2, 0.25) is 5.91 Å². The molecule has 178 valence electrons. The van der Waals surface area contributed by atoms with E-state index in [0.29, 0.717) is 11.0 Å². The van der Waals surface area contributed by atoms with Gasteiger partial charge in [-0.1, -0.05) is 30.0 Å². The summed E-state index contributed by atoms with van der Waals surface area (Å²) < 4.78 is 17.0. The number of amides is 1. The first-order valence-corrected chi connectivity index (χ1v) is 11.1. The van der Waals surface area contributed by atoms with Crippen molar-refractivity contribution in [3.63, 3.8) is 0 Å². The first kappa shape index (κ1) is 24.8. The molecule has 10 nitrogen and oxygen atoms in total. The van der Waals surface area contributed by atoms with Crippen LogP contribution in [0.5, 0.6) is 5.75 Å². The molecule has 11 heteroatoms. The fourth-order valence-electron chi connectivity index (χ4n) is 2.95. The number of aryl methyl sites for hydroxylation is 1. The van der Waals surface area contributed by atoms with Crippen LogP contribution in [0.1, 0.15) is 32.1 Å². The summed E-state index contributed by atoms with van der Waals surface area (Å²) >= 11 is 1.17. The van der Waals surface area contributed by atoms with Crippen LogP contribution in [0.15, 0.2) is 47.6 Å². The zero-order valence-electron chi connectivity index (χ0n) is 19.2. The topological polar surface area (TPSA) is 122 Å². The summed E-state index contributed by atoms with van der Waals surface area (Å²) in [6.07, 6.45) is 0. The van der Waals surface area contributed by atoms with Crippen LogP contribution in [0.3, 0.4) is 0 Å². The molecular weight excluding hydrogens is 460 g/mol. The van der Waals surface area contributed by atoms with Crippen LogP contribution in [0.2, 0.25) is 0 Å². The lowest BCUT2D eigenvalue weighted by atomic mass is 10.1. The maximum atomic E-state index is 12.6. The highest BCUT2D eigenvalue weighted by atomic mass is 32.2. The number of hydrogen-bond acceptors (Lipinski definition) is 9. The summed E-state index contributed by atoms with van der Waals surface area (Å²) in [7, 11) is 4.26. The standard InChI is InChI=1S/C23H24N4O6S/c1-14-7-5-6-8-18(14)33-12-19-25-26-23(27(19)2)34-13-20(28)24-17-11-15(21(29)31-3)9-10-16(17)22(30)32-4/h5-11H,12-13H2,1-4H3,(H,24,28). The summed E-state index contributed by atoms with van der Waals surface area (Å²) in [5.41, 5.74) is 1.46. The molecule has 0 aliphatic rings. The molecule has 3 aromatic rings. The van der Waals surface area contributed by atoms with Gasteiger partial charge in [-0.3, -0.25) is 4.79 Å². The molecule has 0 saturated carbocycles. The number of nitrogens with zero attached hydrogens (tertiary/aromatic N) is 3. The SMILES string of the molecule is COC(=O)c1ccc(C(=O)OC)c(NC(=O)CSc2nnc(COc3ccccc3C)n2C)c1. The Morgan fingerprint density at radius 3 is 2.47 bits per heavy atom. The van der Waals surface area contributed by atoms with E-state index in [0.717, 1.165) is 11.3 Å². The minimum atomic E-state index is -0.647. The van der Waals surface area contributed by atoms with Gasteiger partial charge in [0.05, 0.1) is 36.8 Å². The van der Waals surface area contributed by atoms with E-state index in [1.165, 1.54) is 44.2 Å². The Labute approximate surface area is 200 Å². The number of aromatic nitrogens is 3. The van der Waals surface area contributed by atoms with Crippen molar-refractivity contribution in [3.05, 3.63) is 65.0 Å². The van der Waals surface area contributed by atoms with Crippen molar-refractivity contribution in [1.29, 1.82) is 0 Å². The number of anilines is 1. The Morgan fingerprint density at radius 2 is 1.76 bits per heavy atom. The molecular formula is C23H24N4O6S. The Bertz CT molecular complexity index is 1210. The van der Waals surface area contributed by atoms with E-state index in [2.05, 4.69) is 15.5 Å². The number of thioether (sulfide) groups is 1. The zero-order valence-corrected chi connectivity index (χ0v) is 20.0. The van der Waals surface area contributed by atoms with Gasteiger partial charge in [-0.2, -0.15) is 0 Å². The van der Waals surface area contributed by atoms with E-state index in [1.807, 2.05) is 31.2 Å².